The summed E-state index contributed by atoms with van der Waals surface area (Å²) in [4.78, 5) is 10.1. The van der Waals surface area contributed by atoms with E-state index in [1.807, 2.05) is 13.8 Å². The van der Waals surface area contributed by atoms with Crippen LogP contribution in [-0.2, 0) is 14.3 Å². The van der Waals surface area contributed by atoms with Crippen LogP contribution in [0.1, 0.15) is 13.8 Å². The van der Waals surface area contributed by atoms with Gasteiger partial charge in [0.1, 0.15) is 6.10 Å². The van der Waals surface area contributed by atoms with Crippen LogP contribution >= 0.6 is 0 Å². The van der Waals surface area contributed by atoms with Crippen LogP contribution < -0.4 is 0 Å². The van der Waals surface area contributed by atoms with E-state index in [2.05, 4.69) is 0 Å². The fraction of sp³-hybridized carbons (Fsp3) is 0.857. The lowest BCUT2D eigenvalue weighted by atomic mass is 10.4. The molecule has 0 rings (SSSR count). The van der Waals surface area contributed by atoms with Crippen molar-refractivity contribution in [3.63, 3.8) is 0 Å². The molecule has 3 nitrogen and oxygen atoms in total. The largest absolute Gasteiger partial charge is 0.376 e. The molecule has 0 aliphatic heterocycles. The van der Waals surface area contributed by atoms with Crippen molar-refractivity contribution < 1.29 is 14.3 Å². The van der Waals surface area contributed by atoms with E-state index < -0.39 is 6.10 Å². The number of hydrogen-bond acceptors (Lipinski definition) is 3. The molecule has 0 heterocycles. The summed E-state index contributed by atoms with van der Waals surface area (Å²) in [6.45, 7) is 4.17. The minimum Gasteiger partial charge on any atom is -0.376 e. The van der Waals surface area contributed by atoms with Gasteiger partial charge in [0.05, 0.1) is 12.7 Å². The molecular formula is C7H14O3. The average Bonchev–Trinajstić information content (AvgIpc) is 1.90. The summed E-state index contributed by atoms with van der Waals surface area (Å²) in [6, 6.07) is 0. The normalized spacial score (nSPS) is 13.6. The van der Waals surface area contributed by atoms with E-state index in [0.29, 0.717) is 6.61 Å². The van der Waals surface area contributed by atoms with Gasteiger partial charge in [-0.1, -0.05) is 0 Å². The minimum absolute atomic E-state index is 0.151. The molecule has 0 spiro atoms. The van der Waals surface area contributed by atoms with Crippen LogP contribution in [0, 0.1) is 0 Å². The molecule has 0 aliphatic carbocycles. The first-order valence-electron chi connectivity index (χ1n) is 3.30. The number of aldehydes is 1. The molecule has 0 fully saturated rings. The third kappa shape index (κ3) is 4.47. The molecule has 1 unspecified atom stereocenters. The number of ether oxygens (including phenoxy) is 2. The van der Waals surface area contributed by atoms with E-state index in [9.17, 15) is 4.79 Å². The summed E-state index contributed by atoms with van der Waals surface area (Å²) < 4.78 is 9.89. The van der Waals surface area contributed by atoms with Gasteiger partial charge in [0.2, 0.25) is 0 Å². The van der Waals surface area contributed by atoms with Gasteiger partial charge >= 0.3 is 0 Å². The number of hydrogen-bond donors (Lipinski definition) is 0. The van der Waals surface area contributed by atoms with Crippen molar-refractivity contribution in [1.29, 1.82) is 0 Å². The highest BCUT2D eigenvalue weighted by Gasteiger charge is 2.05. The summed E-state index contributed by atoms with van der Waals surface area (Å²) in [7, 11) is 1.49. The molecule has 0 bridgehead atoms. The van der Waals surface area contributed by atoms with Crippen LogP contribution in [0.2, 0.25) is 0 Å². The molecule has 0 amide bonds. The fourth-order valence-corrected chi connectivity index (χ4v) is 0.450. The Kier molecular flexibility index (Phi) is 5.16. The Balaban J connectivity index is 3.34. The first-order valence-corrected chi connectivity index (χ1v) is 3.30. The van der Waals surface area contributed by atoms with Crippen molar-refractivity contribution in [2.45, 2.75) is 26.1 Å². The SMILES string of the molecule is COC(C=O)COC(C)C. The highest BCUT2D eigenvalue weighted by molar-refractivity contribution is 5.56. The lowest BCUT2D eigenvalue weighted by molar-refractivity contribution is -0.120. The van der Waals surface area contributed by atoms with E-state index in [-0.39, 0.29) is 6.10 Å². The predicted molar refractivity (Wildman–Crippen MR) is 37.9 cm³/mol. The molecule has 3 heteroatoms. The predicted octanol–water partition coefficient (Wildman–Crippen LogP) is 0.625. The van der Waals surface area contributed by atoms with Crippen molar-refractivity contribution >= 4 is 6.29 Å². The fourth-order valence-electron chi connectivity index (χ4n) is 0.450. The smallest absolute Gasteiger partial charge is 0.151 e. The molecule has 0 radical (unpaired) electrons. The lowest BCUT2D eigenvalue weighted by Gasteiger charge is -2.10. The molecule has 1 atom stereocenters. The van der Waals surface area contributed by atoms with Crippen LogP contribution in [-0.4, -0.2) is 32.2 Å². The second-order valence-electron chi connectivity index (χ2n) is 2.29. The van der Waals surface area contributed by atoms with Gasteiger partial charge in [-0.3, -0.25) is 0 Å². The summed E-state index contributed by atoms with van der Waals surface area (Å²) >= 11 is 0. The Hall–Kier alpha value is -0.410. The monoisotopic (exact) mass is 146 g/mol. The molecular weight excluding hydrogens is 132 g/mol. The van der Waals surface area contributed by atoms with Crippen LogP contribution in [0.25, 0.3) is 0 Å². The molecule has 0 aromatic carbocycles. The summed E-state index contributed by atoms with van der Waals surface area (Å²) in [5.41, 5.74) is 0. The Morgan fingerprint density at radius 1 is 1.50 bits per heavy atom. The van der Waals surface area contributed by atoms with Gasteiger partial charge in [0, 0.05) is 7.11 Å². The number of methoxy groups -OCH3 is 1. The van der Waals surface area contributed by atoms with Crippen LogP contribution in [0.4, 0.5) is 0 Å². The molecule has 10 heavy (non-hydrogen) atoms. The molecule has 60 valence electrons. The highest BCUT2D eigenvalue weighted by Crippen LogP contribution is 1.91. The first-order chi connectivity index (χ1) is 4.70. The molecule has 0 N–H and O–H groups in total. The maximum atomic E-state index is 10.1. The topological polar surface area (TPSA) is 35.5 Å². The van der Waals surface area contributed by atoms with Gasteiger partial charge < -0.3 is 14.3 Å². The maximum absolute atomic E-state index is 10.1. The lowest BCUT2D eigenvalue weighted by Crippen LogP contribution is -2.21. The van der Waals surface area contributed by atoms with Gasteiger partial charge in [-0.2, -0.15) is 0 Å². The number of rotatable bonds is 5. The molecule has 0 saturated carbocycles. The maximum Gasteiger partial charge on any atom is 0.151 e. The molecule has 0 aromatic rings. The quantitative estimate of drug-likeness (QED) is 0.533. The zero-order chi connectivity index (χ0) is 7.98. The highest BCUT2D eigenvalue weighted by atomic mass is 16.5. The molecule has 0 aliphatic rings. The van der Waals surface area contributed by atoms with Crippen LogP contribution in [0.3, 0.4) is 0 Å². The van der Waals surface area contributed by atoms with Crippen molar-refractivity contribution in [1.82, 2.24) is 0 Å². The summed E-state index contributed by atoms with van der Waals surface area (Å²) in [5, 5.41) is 0. The van der Waals surface area contributed by atoms with E-state index in [1.54, 1.807) is 0 Å². The first kappa shape index (κ1) is 9.59. The molecule has 0 aromatic heterocycles. The number of carbonyl (C=O) groups is 1. The average molecular weight is 146 g/mol. The Bertz CT molecular complexity index is 90.9. The zero-order valence-electron chi connectivity index (χ0n) is 6.66. The van der Waals surface area contributed by atoms with Gasteiger partial charge in [0.15, 0.2) is 6.29 Å². The Morgan fingerprint density at radius 3 is 2.40 bits per heavy atom. The van der Waals surface area contributed by atoms with Crippen molar-refractivity contribution in [2.24, 2.45) is 0 Å². The Labute approximate surface area is 61.3 Å². The van der Waals surface area contributed by atoms with Crippen LogP contribution in [0.15, 0.2) is 0 Å². The molecule has 0 saturated heterocycles. The van der Waals surface area contributed by atoms with Gasteiger partial charge in [0.25, 0.3) is 0 Å². The van der Waals surface area contributed by atoms with E-state index in [1.165, 1.54) is 7.11 Å². The van der Waals surface area contributed by atoms with Gasteiger partial charge in [-0.15, -0.1) is 0 Å². The standard InChI is InChI=1S/C7H14O3/c1-6(2)10-5-7(4-8)9-3/h4,6-7H,5H2,1-3H3. The van der Waals surface area contributed by atoms with Crippen LogP contribution in [0.5, 0.6) is 0 Å². The number of carbonyl (C=O) groups excluding carboxylic acids is 1. The third-order valence-corrected chi connectivity index (χ3v) is 1.05. The van der Waals surface area contributed by atoms with Gasteiger partial charge in [-0.05, 0) is 13.8 Å². The Morgan fingerprint density at radius 2 is 2.10 bits per heavy atom. The van der Waals surface area contributed by atoms with E-state index >= 15 is 0 Å². The second kappa shape index (κ2) is 5.38. The third-order valence-electron chi connectivity index (χ3n) is 1.05. The van der Waals surface area contributed by atoms with Crippen molar-refractivity contribution in [3.8, 4) is 0 Å². The summed E-state index contributed by atoms with van der Waals surface area (Å²) in [6.07, 6.45) is 0.475. The zero-order valence-corrected chi connectivity index (χ0v) is 6.66. The minimum atomic E-state index is -0.414. The second-order valence-corrected chi connectivity index (χ2v) is 2.29. The van der Waals surface area contributed by atoms with Crippen molar-refractivity contribution in [3.05, 3.63) is 0 Å². The summed E-state index contributed by atoms with van der Waals surface area (Å²) in [5.74, 6) is 0. The van der Waals surface area contributed by atoms with Crippen molar-refractivity contribution in [2.75, 3.05) is 13.7 Å². The van der Waals surface area contributed by atoms with E-state index in [4.69, 9.17) is 9.47 Å². The van der Waals surface area contributed by atoms with E-state index in [0.717, 1.165) is 6.29 Å². The van der Waals surface area contributed by atoms with Gasteiger partial charge in [-0.25, -0.2) is 0 Å².